The van der Waals surface area contributed by atoms with E-state index in [0.29, 0.717) is 24.7 Å². The minimum atomic E-state index is -0.220. The Hall–Kier alpha value is -3.71. The van der Waals surface area contributed by atoms with Crippen LogP contribution < -0.4 is 25.0 Å². The average Bonchev–Trinajstić information content (AvgIpc) is 2.89. The van der Waals surface area contributed by atoms with Crippen molar-refractivity contribution in [3.05, 3.63) is 77.9 Å². The fourth-order valence-corrected chi connectivity index (χ4v) is 3.84. The highest BCUT2D eigenvalue weighted by Crippen LogP contribution is 2.29. The fraction of sp³-hybridized carbons (Fsp3) is 0.321. The predicted octanol–water partition coefficient (Wildman–Crippen LogP) is 4.86. The molecule has 1 amide bonds. The largest absolute Gasteiger partial charge is 0.490 e. The van der Waals surface area contributed by atoms with E-state index in [-0.39, 0.29) is 12.5 Å². The van der Waals surface area contributed by atoms with Crippen LogP contribution in [0, 0.1) is 6.92 Å². The summed E-state index contributed by atoms with van der Waals surface area (Å²) in [7, 11) is 0. The van der Waals surface area contributed by atoms with Gasteiger partial charge < -0.3 is 29.7 Å². The van der Waals surface area contributed by atoms with E-state index in [9.17, 15) is 4.79 Å². The zero-order chi connectivity index (χ0) is 24.5. The van der Waals surface area contributed by atoms with Crippen molar-refractivity contribution in [3.63, 3.8) is 0 Å². The first-order chi connectivity index (χ1) is 17.1. The molecule has 1 fully saturated rings. The smallest absolute Gasteiger partial charge is 0.262 e. The van der Waals surface area contributed by atoms with E-state index in [4.69, 9.17) is 14.2 Å². The van der Waals surface area contributed by atoms with E-state index < -0.39 is 0 Å². The molecule has 0 saturated carbocycles. The van der Waals surface area contributed by atoms with Crippen LogP contribution in [0.2, 0.25) is 0 Å². The summed E-state index contributed by atoms with van der Waals surface area (Å²) in [5.41, 5.74) is 5.20. The van der Waals surface area contributed by atoms with Crippen molar-refractivity contribution in [1.82, 2.24) is 0 Å². The highest BCUT2D eigenvalue weighted by Gasteiger charge is 2.12. The molecule has 35 heavy (non-hydrogen) atoms. The van der Waals surface area contributed by atoms with Gasteiger partial charge in [0, 0.05) is 36.7 Å². The van der Waals surface area contributed by atoms with E-state index in [1.165, 1.54) is 5.69 Å². The van der Waals surface area contributed by atoms with Gasteiger partial charge >= 0.3 is 0 Å². The molecule has 0 radical (unpaired) electrons. The van der Waals surface area contributed by atoms with Crippen LogP contribution in [-0.2, 0) is 16.1 Å². The summed E-state index contributed by atoms with van der Waals surface area (Å²) >= 11 is 0. The molecule has 0 unspecified atom stereocenters. The Balaban J connectivity index is 1.31. The molecule has 7 heteroatoms. The molecule has 0 aromatic heterocycles. The van der Waals surface area contributed by atoms with Crippen molar-refractivity contribution in [2.75, 3.05) is 55.1 Å². The summed E-state index contributed by atoms with van der Waals surface area (Å²) < 4.78 is 17.0. The summed E-state index contributed by atoms with van der Waals surface area (Å²) in [6, 6.07) is 21.9. The van der Waals surface area contributed by atoms with Gasteiger partial charge in [0.25, 0.3) is 5.91 Å². The number of benzene rings is 3. The Morgan fingerprint density at radius 1 is 0.914 bits per heavy atom. The molecule has 1 aliphatic rings. The Labute approximate surface area is 207 Å². The van der Waals surface area contributed by atoms with E-state index in [2.05, 4.69) is 39.8 Å². The maximum absolute atomic E-state index is 12.3. The summed E-state index contributed by atoms with van der Waals surface area (Å²) in [6.07, 6.45) is 0. The Kier molecular flexibility index (Phi) is 8.46. The molecule has 3 aromatic carbocycles. The molecule has 1 saturated heterocycles. The maximum atomic E-state index is 12.3. The number of aryl methyl sites for hydroxylation is 1. The number of morpholine rings is 1. The lowest BCUT2D eigenvalue weighted by atomic mass is 10.2. The number of nitrogens with one attached hydrogen (secondary N) is 2. The van der Waals surface area contributed by atoms with Crippen LogP contribution in [0.15, 0.2) is 66.7 Å². The zero-order valence-corrected chi connectivity index (χ0v) is 20.4. The molecular weight excluding hydrogens is 442 g/mol. The third-order valence-electron chi connectivity index (χ3n) is 5.74. The highest BCUT2D eigenvalue weighted by molar-refractivity contribution is 5.91. The third-order valence-corrected chi connectivity index (χ3v) is 5.74. The first-order valence-electron chi connectivity index (χ1n) is 12.0. The van der Waals surface area contributed by atoms with Crippen LogP contribution in [0.1, 0.15) is 18.1 Å². The zero-order valence-electron chi connectivity index (χ0n) is 20.4. The topological polar surface area (TPSA) is 72.1 Å². The fourth-order valence-electron chi connectivity index (χ4n) is 3.84. The van der Waals surface area contributed by atoms with Gasteiger partial charge in [-0.15, -0.1) is 0 Å². The van der Waals surface area contributed by atoms with Crippen LogP contribution in [0.5, 0.6) is 11.5 Å². The van der Waals surface area contributed by atoms with Crippen molar-refractivity contribution in [2.24, 2.45) is 0 Å². The lowest BCUT2D eigenvalue weighted by molar-refractivity contribution is -0.118. The Bertz CT molecular complexity index is 1090. The second kappa shape index (κ2) is 12.1. The number of carbonyl (C=O) groups excluding carboxylic acids is 1. The molecule has 1 heterocycles. The number of carbonyl (C=O) groups is 1. The molecule has 0 bridgehead atoms. The van der Waals surface area contributed by atoms with Crippen molar-refractivity contribution in [3.8, 4) is 11.5 Å². The molecule has 0 atom stereocenters. The molecule has 0 aliphatic carbocycles. The first-order valence-corrected chi connectivity index (χ1v) is 12.0. The number of nitrogens with zero attached hydrogens (tertiary/aromatic N) is 1. The van der Waals surface area contributed by atoms with Crippen LogP contribution in [-0.4, -0.2) is 45.4 Å². The Morgan fingerprint density at radius 2 is 1.63 bits per heavy atom. The van der Waals surface area contributed by atoms with E-state index in [1.54, 1.807) is 0 Å². The normalized spacial score (nSPS) is 13.3. The van der Waals surface area contributed by atoms with Gasteiger partial charge in [-0.1, -0.05) is 23.8 Å². The molecule has 3 aromatic rings. The molecule has 184 valence electrons. The van der Waals surface area contributed by atoms with E-state index in [0.717, 1.165) is 48.8 Å². The van der Waals surface area contributed by atoms with Gasteiger partial charge in [0.1, 0.15) is 0 Å². The van der Waals surface area contributed by atoms with Gasteiger partial charge in [-0.05, 0) is 67.9 Å². The van der Waals surface area contributed by atoms with Crippen LogP contribution >= 0.6 is 0 Å². The first kappa shape index (κ1) is 24.4. The van der Waals surface area contributed by atoms with Gasteiger partial charge in [0.15, 0.2) is 18.1 Å². The molecule has 4 rings (SSSR count). The molecular formula is C28H33N3O4. The number of rotatable bonds is 10. The standard InChI is InChI=1S/C28H33N3O4/c1-3-34-27-18-22(19-29-23-9-11-25(12-10-23)31-14-16-33-17-15-31)6-13-26(27)35-20-28(32)30-24-7-4-21(2)5-8-24/h4-13,18,29H,3,14-17,19-20H2,1-2H3,(H,30,32). The van der Waals surface area contributed by atoms with Gasteiger partial charge in [-0.3, -0.25) is 4.79 Å². The Morgan fingerprint density at radius 3 is 2.34 bits per heavy atom. The number of ether oxygens (including phenoxy) is 3. The molecule has 7 nitrogen and oxygen atoms in total. The lowest BCUT2D eigenvalue weighted by Gasteiger charge is -2.29. The van der Waals surface area contributed by atoms with Gasteiger partial charge in [0.2, 0.25) is 0 Å². The minimum Gasteiger partial charge on any atom is -0.490 e. The van der Waals surface area contributed by atoms with Gasteiger partial charge in [0.05, 0.1) is 19.8 Å². The van der Waals surface area contributed by atoms with Crippen molar-refractivity contribution in [1.29, 1.82) is 0 Å². The van der Waals surface area contributed by atoms with Gasteiger partial charge in [-0.2, -0.15) is 0 Å². The number of hydrogen-bond acceptors (Lipinski definition) is 6. The van der Waals surface area contributed by atoms with Crippen LogP contribution in [0.25, 0.3) is 0 Å². The monoisotopic (exact) mass is 475 g/mol. The SMILES string of the molecule is CCOc1cc(CNc2ccc(N3CCOCC3)cc2)ccc1OCC(=O)Nc1ccc(C)cc1. The van der Waals surface area contributed by atoms with E-state index >= 15 is 0 Å². The van der Waals surface area contributed by atoms with E-state index in [1.807, 2.05) is 56.3 Å². The minimum absolute atomic E-state index is 0.0962. The van der Waals surface area contributed by atoms with Gasteiger partial charge in [-0.25, -0.2) is 0 Å². The molecule has 2 N–H and O–H groups in total. The van der Waals surface area contributed by atoms with Crippen molar-refractivity contribution < 1.29 is 19.0 Å². The second-order valence-corrected chi connectivity index (χ2v) is 8.42. The summed E-state index contributed by atoms with van der Waals surface area (Å²) in [6.45, 7) is 8.39. The summed E-state index contributed by atoms with van der Waals surface area (Å²) in [5.74, 6) is 0.949. The van der Waals surface area contributed by atoms with Crippen LogP contribution in [0.4, 0.5) is 17.1 Å². The second-order valence-electron chi connectivity index (χ2n) is 8.42. The van der Waals surface area contributed by atoms with Crippen molar-refractivity contribution >= 4 is 23.0 Å². The maximum Gasteiger partial charge on any atom is 0.262 e. The molecule has 1 aliphatic heterocycles. The number of hydrogen-bond donors (Lipinski definition) is 2. The number of amides is 1. The predicted molar refractivity (Wildman–Crippen MR) is 140 cm³/mol. The third kappa shape index (κ3) is 7.13. The quantitative estimate of drug-likeness (QED) is 0.436. The van der Waals surface area contributed by atoms with Crippen LogP contribution in [0.3, 0.4) is 0 Å². The number of anilines is 3. The highest BCUT2D eigenvalue weighted by atomic mass is 16.5. The molecule has 0 spiro atoms. The summed E-state index contributed by atoms with van der Waals surface area (Å²) in [5, 5.41) is 6.30. The average molecular weight is 476 g/mol. The lowest BCUT2D eigenvalue weighted by Crippen LogP contribution is -2.36. The summed E-state index contributed by atoms with van der Waals surface area (Å²) in [4.78, 5) is 14.6. The van der Waals surface area contributed by atoms with Crippen molar-refractivity contribution in [2.45, 2.75) is 20.4 Å².